The Morgan fingerprint density at radius 2 is 2.18 bits per heavy atom. The van der Waals surface area contributed by atoms with Crippen LogP contribution in [0.3, 0.4) is 0 Å². The second kappa shape index (κ2) is 6.72. The lowest BCUT2D eigenvalue weighted by molar-refractivity contribution is -0.120. The summed E-state index contributed by atoms with van der Waals surface area (Å²) in [4.78, 5) is 11.6. The third-order valence-electron chi connectivity index (χ3n) is 2.55. The number of terminal acetylenes is 1. The number of hydrogen-bond acceptors (Lipinski definition) is 2. The summed E-state index contributed by atoms with van der Waals surface area (Å²) >= 11 is 0. The fourth-order valence-electron chi connectivity index (χ4n) is 1.69. The molecule has 3 nitrogen and oxygen atoms in total. The van der Waals surface area contributed by atoms with Crippen molar-refractivity contribution in [3.63, 3.8) is 0 Å². The molecule has 17 heavy (non-hydrogen) atoms. The first-order valence-corrected chi connectivity index (χ1v) is 5.64. The van der Waals surface area contributed by atoms with E-state index in [1.807, 2.05) is 38.1 Å². The van der Waals surface area contributed by atoms with E-state index in [2.05, 4.69) is 16.6 Å². The lowest BCUT2D eigenvalue weighted by Crippen LogP contribution is -2.35. The van der Waals surface area contributed by atoms with Gasteiger partial charge in [0.15, 0.2) is 0 Å². The van der Waals surface area contributed by atoms with Gasteiger partial charge in [-0.25, -0.2) is 0 Å². The van der Waals surface area contributed by atoms with Crippen LogP contribution in [0.4, 0.5) is 0 Å². The molecule has 0 aliphatic rings. The molecule has 0 aliphatic heterocycles. The van der Waals surface area contributed by atoms with Gasteiger partial charge in [0.2, 0.25) is 5.91 Å². The highest BCUT2D eigenvalue weighted by atomic mass is 16.1. The van der Waals surface area contributed by atoms with Crippen molar-refractivity contribution < 1.29 is 4.79 Å². The number of amides is 1. The van der Waals surface area contributed by atoms with Crippen molar-refractivity contribution in [3.05, 3.63) is 35.4 Å². The zero-order valence-corrected chi connectivity index (χ0v) is 10.3. The van der Waals surface area contributed by atoms with Gasteiger partial charge in [-0.3, -0.25) is 10.1 Å². The quantitative estimate of drug-likeness (QED) is 0.593. The van der Waals surface area contributed by atoms with Crippen LogP contribution >= 0.6 is 0 Å². The second-order valence-electron chi connectivity index (χ2n) is 3.95. The van der Waals surface area contributed by atoms with Gasteiger partial charge in [0, 0.05) is 0 Å². The van der Waals surface area contributed by atoms with E-state index < -0.39 is 0 Å². The molecule has 90 valence electrons. The van der Waals surface area contributed by atoms with Crippen molar-refractivity contribution in [1.29, 1.82) is 0 Å². The molecule has 0 saturated heterocycles. The van der Waals surface area contributed by atoms with Gasteiger partial charge in [-0.15, -0.1) is 6.42 Å². The van der Waals surface area contributed by atoms with Crippen LogP contribution in [0.1, 0.15) is 24.1 Å². The number of benzene rings is 1. The third-order valence-corrected chi connectivity index (χ3v) is 2.55. The minimum Gasteiger partial charge on any atom is -0.348 e. The number of carbonyl (C=O) groups is 1. The third kappa shape index (κ3) is 4.29. The average molecular weight is 230 g/mol. The molecule has 0 unspecified atom stereocenters. The summed E-state index contributed by atoms with van der Waals surface area (Å²) in [5.41, 5.74) is 2.31. The average Bonchev–Trinajstić information content (AvgIpc) is 2.29. The zero-order valence-electron chi connectivity index (χ0n) is 10.3. The molecule has 0 spiro atoms. The molecule has 3 heteroatoms. The first kappa shape index (κ1) is 13.3. The van der Waals surface area contributed by atoms with Crippen LogP contribution in [0, 0.1) is 19.3 Å². The lowest BCUT2D eigenvalue weighted by Gasteiger charge is -2.16. The predicted octanol–water partition coefficient (Wildman–Crippen LogP) is 1.40. The number of nitrogens with one attached hydrogen (secondary N) is 2. The van der Waals surface area contributed by atoms with E-state index in [1.54, 1.807) is 0 Å². The minimum absolute atomic E-state index is 0.0105. The molecule has 1 rings (SSSR count). The predicted molar refractivity (Wildman–Crippen MR) is 69.4 cm³/mol. The molecule has 1 aromatic carbocycles. The van der Waals surface area contributed by atoms with E-state index in [0.29, 0.717) is 6.54 Å². The van der Waals surface area contributed by atoms with Crippen molar-refractivity contribution >= 4 is 5.91 Å². The Bertz CT molecular complexity index is 420. The van der Waals surface area contributed by atoms with Gasteiger partial charge < -0.3 is 5.32 Å². The van der Waals surface area contributed by atoms with Crippen LogP contribution < -0.4 is 10.6 Å². The number of hydrogen-bond donors (Lipinski definition) is 2. The smallest absolute Gasteiger partial charge is 0.234 e. The molecule has 0 radical (unpaired) electrons. The Morgan fingerprint density at radius 3 is 2.82 bits per heavy atom. The van der Waals surface area contributed by atoms with Gasteiger partial charge in [0.1, 0.15) is 0 Å². The summed E-state index contributed by atoms with van der Waals surface area (Å²) in [6.45, 7) is 4.67. The van der Waals surface area contributed by atoms with Crippen LogP contribution in [0.2, 0.25) is 0 Å². The van der Waals surface area contributed by atoms with Gasteiger partial charge in [-0.2, -0.15) is 0 Å². The second-order valence-corrected chi connectivity index (χ2v) is 3.95. The van der Waals surface area contributed by atoms with E-state index in [9.17, 15) is 4.79 Å². The Kier molecular flexibility index (Phi) is 5.25. The topological polar surface area (TPSA) is 41.1 Å². The minimum atomic E-state index is -0.0454. The molecule has 1 atom stereocenters. The summed E-state index contributed by atoms with van der Waals surface area (Å²) in [7, 11) is 0. The largest absolute Gasteiger partial charge is 0.348 e. The maximum absolute atomic E-state index is 11.6. The molecule has 0 aliphatic carbocycles. The van der Waals surface area contributed by atoms with E-state index in [1.165, 1.54) is 5.56 Å². The van der Waals surface area contributed by atoms with Crippen LogP contribution in [-0.2, 0) is 4.79 Å². The van der Waals surface area contributed by atoms with Crippen molar-refractivity contribution in [2.24, 2.45) is 0 Å². The van der Waals surface area contributed by atoms with Gasteiger partial charge >= 0.3 is 0 Å². The molecular formula is C14H18N2O. The zero-order chi connectivity index (χ0) is 12.7. The van der Waals surface area contributed by atoms with Crippen molar-refractivity contribution in [2.75, 3.05) is 13.1 Å². The van der Waals surface area contributed by atoms with Crippen LogP contribution in [0.25, 0.3) is 0 Å². The Labute approximate surface area is 103 Å². The van der Waals surface area contributed by atoms with Crippen LogP contribution in [0.5, 0.6) is 0 Å². The monoisotopic (exact) mass is 230 g/mol. The van der Waals surface area contributed by atoms with Crippen molar-refractivity contribution in [1.82, 2.24) is 10.6 Å². The summed E-state index contributed by atoms with van der Waals surface area (Å²) < 4.78 is 0. The van der Waals surface area contributed by atoms with Crippen LogP contribution in [-0.4, -0.2) is 19.0 Å². The van der Waals surface area contributed by atoms with Crippen molar-refractivity contribution in [3.8, 4) is 12.3 Å². The first-order valence-electron chi connectivity index (χ1n) is 5.64. The Hall–Kier alpha value is -1.79. The fourth-order valence-corrected chi connectivity index (χ4v) is 1.69. The highest BCUT2D eigenvalue weighted by molar-refractivity contribution is 5.78. The van der Waals surface area contributed by atoms with Gasteiger partial charge in [-0.05, 0) is 25.0 Å². The Morgan fingerprint density at radius 1 is 1.47 bits per heavy atom. The molecule has 0 fully saturated rings. The number of aryl methyl sites for hydroxylation is 1. The summed E-state index contributed by atoms with van der Waals surface area (Å²) in [5.74, 6) is 2.38. The molecule has 2 N–H and O–H groups in total. The fraction of sp³-hybridized carbons (Fsp3) is 0.357. The van der Waals surface area contributed by atoms with E-state index >= 15 is 0 Å². The molecule has 0 bridgehead atoms. The maximum Gasteiger partial charge on any atom is 0.234 e. The summed E-state index contributed by atoms with van der Waals surface area (Å²) in [6, 6.07) is 8.03. The molecule has 1 amide bonds. The SMILES string of the molecule is C#CCNCC(=O)N[C@H](C)c1ccccc1C. The lowest BCUT2D eigenvalue weighted by atomic mass is 10.0. The number of carbonyl (C=O) groups excluding carboxylic acids is 1. The molecule has 0 heterocycles. The van der Waals surface area contributed by atoms with E-state index in [4.69, 9.17) is 6.42 Å². The van der Waals surface area contributed by atoms with Gasteiger partial charge in [0.25, 0.3) is 0 Å². The van der Waals surface area contributed by atoms with E-state index in [-0.39, 0.29) is 18.5 Å². The molecule has 0 aromatic heterocycles. The van der Waals surface area contributed by atoms with E-state index in [0.717, 1.165) is 5.56 Å². The first-order chi connectivity index (χ1) is 8.15. The molecular weight excluding hydrogens is 212 g/mol. The van der Waals surface area contributed by atoms with Crippen molar-refractivity contribution in [2.45, 2.75) is 19.9 Å². The highest BCUT2D eigenvalue weighted by Crippen LogP contribution is 2.16. The summed E-state index contributed by atoms with van der Waals surface area (Å²) in [6.07, 6.45) is 5.08. The maximum atomic E-state index is 11.6. The normalized spacial score (nSPS) is 11.6. The standard InChI is InChI=1S/C14H18N2O/c1-4-9-15-10-14(17)16-12(3)13-8-6-5-7-11(13)2/h1,5-8,12,15H,9-10H2,2-3H3,(H,16,17)/t12-/m1/s1. The Balaban J connectivity index is 2.50. The highest BCUT2D eigenvalue weighted by Gasteiger charge is 2.10. The molecule has 0 saturated carbocycles. The van der Waals surface area contributed by atoms with Gasteiger partial charge in [0.05, 0.1) is 19.1 Å². The van der Waals surface area contributed by atoms with Crippen LogP contribution in [0.15, 0.2) is 24.3 Å². The number of rotatable bonds is 5. The summed E-state index contributed by atoms with van der Waals surface area (Å²) in [5, 5.41) is 5.78. The molecule has 1 aromatic rings. The van der Waals surface area contributed by atoms with Gasteiger partial charge in [-0.1, -0.05) is 30.2 Å².